The molecule has 0 saturated heterocycles. The first-order valence-electron chi connectivity index (χ1n) is 6.90. The number of alkyl halides is 4. The quantitative estimate of drug-likeness (QED) is 0.698. The van der Waals surface area contributed by atoms with Crippen molar-refractivity contribution >= 4 is 10.6 Å². The van der Waals surface area contributed by atoms with E-state index < -0.39 is 55.6 Å². The minimum Gasteiger partial charge on any atom is -0.491 e. The SMILES string of the molecule is N#CC1(COc2ccc3c(c2C(F)F)C(O)C(F)(F)S3(O)O)CC1. The fraction of sp³-hybridized carbons (Fsp3) is 0.500. The zero-order valence-corrected chi connectivity index (χ0v) is 12.9. The van der Waals surface area contributed by atoms with Gasteiger partial charge in [0.15, 0.2) is 6.10 Å². The maximum atomic E-state index is 13.9. The number of hydrogen-bond acceptors (Lipinski definition) is 5. The number of fused-ring (bicyclic) bond motifs is 1. The second-order valence-electron chi connectivity index (χ2n) is 5.88. The largest absolute Gasteiger partial charge is 0.491 e. The summed E-state index contributed by atoms with van der Waals surface area (Å²) in [6.45, 7) is -0.190. The van der Waals surface area contributed by atoms with E-state index in [9.17, 15) is 31.8 Å². The molecule has 0 amide bonds. The number of hydrogen-bond donors (Lipinski definition) is 3. The van der Waals surface area contributed by atoms with E-state index in [-0.39, 0.29) is 6.61 Å². The number of nitrogens with zero attached hydrogens (tertiary/aromatic N) is 1. The van der Waals surface area contributed by atoms with Gasteiger partial charge in [0.2, 0.25) is 0 Å². The highest BCUT2D eigenvalue weighted by Gasteiger charge is 2.61. The van der Waals surface area contributed by atoms with Crippen LogP contribution < -0.4 is 4.74 Å². The van der Waals surface area contributed by atoms with Crippen molar-refractivity contribution in [1.29, 1.82) is 5.26 Å². The van der Waals surface area contributed by atoms with E-state index in [0.29, 0.717) is 12.8 Å². The van der Waals surface area contributed by atoms with Gasteiger partial charge in [-0.15, -0.1) is 10.6 Å². The molecule has 3 rings (SSSR count). The highest BCUT2D eigenvalue weighted by atomic mass is 32.3. The average molecular weight is 367 g/mol. The van der Waals surface area contributed by atoms with Crippen molar-refractivity contribution in [2.24, 2.45) is 5.41 Å². The summed E-state index contributed by atoms with van der Waals surface area (Å²) in [5.41, 5.74) is -2.70. The number of benzene rings is 1. The molecule has 0 bridgehead atoms. The smallest absolute Gasteiger partial charge is 0.371 e. The van der Waals surface area contributed by atoms with Crippen molar-refractivity contribution in [2.75, 3.05) is 6.61 Å². The van der Waals surface area contributed by atoms with Crippen LogP contribution >= 0.6 is 10.6 Å². The molecule has 1 atom stereocenters. The number of halogens is 4. The summed E-state index contributed by atoms with van der Waals surface area (Å²) >= 11 is 0. The van der Waals surface area contributed by atoms with Crippen molar-refractivity contribution in [1.82, 2.24) is 0 Å². The summed E-state index contributed by atoms with van der Waals surface area (Å²) in [7, 11) is -4.77. The lowest BCUT2D eigenvalue weighted by atomic mass is 10.0. The molecule has 1 aliphatic heterocycles. The second kappa shape index (κ2) is 5.23. The van der Waals surface area contributed by atoms with Crippen molar-refractivity contribution in [3.63, 3.8) is 0 Å². The van der Waals surface area contributed by atoms with Gasteiger partial charge in [-0.2, -0.15) is 14.0 Å². The lowest BCUT2D eigenvalue weighted by Crippen LogP contribution is -2.26. The van der Waals surface area contributed by atoms with Crippen LogP contribution in [0.15, 0.2) is 17.0 Å². The first-order valence-corrected chi connectivity index (χ1v) is 8.45. The Morgan fingerprint density at radius 3 is 2.46 bits per heavy atom. The van der Waals surface area contributed by atoms with Gasteiger partial charge >= 0.3 is 5.25 Å². The third kappa shape index (κ3) is 2.27. The zero-order chi connectivity index (χ0) is 17.9. The van der Waals surface area contributed by atoms with Gasteiger partial charge in [-0.1, -0.05) is 0 Å². The Kier molecular flexibility index (Phi) is 3.76. The van der Waals surface area contributed by atoms with Gasteiger partial charge < -0.3 is 9.84 Å². The summed E-state index contributed by atoms with van der Waals surface area (Å²) in [6.07, 6.45) is -4.99. The maximum absolute atomic E-state index is 13.9. The fourth-order valence-electron chi connectivity index (χ4n) is 2.60. The number of aliphatic hydroxyl groups is 1. The minimum absolute atomic E-state index is 0.190. The van der Waals surface area contributed by atoms with Gasteiger partial charge in [0.1, 0.15) is 12.4 Å². The molecule has 1 aromatic rings. The van der Waals surface area contributed by atoms with Crippen LogP contribution in [0.25, 0.3) is 0 Å². The third-order valence-electron chi connectivity index (χ3n) is 4.30. The molecule has 0 spiro atoms. The van der Waals surface area contributed by atoms with Gasteiger partial charge in [-0.05, 0) is 25.0 Å². The standard InChI is InChI=1S/C14H13F4NO4S/c15-12(16)9-7(23-6-13(5-19)3-4-13)1-2-8-10(9)11(20)14(17,18)24(8,21)22/h1-2,11-12,20-22H,3-4,6H2. The first kappa shape index (κ1) is 17.3. The van der Waals surface area contributed by atoms with Crippen LogP contribution in [0.1, 0.15) is 36.5 Å². The lowest BCUT2D eigenvalue weighted by molar-refractivity contribution is -0.0448. The van der Waals surface area contributed by atoms with Crippen LogP contribution in [0.5, 0.6) is 5.75 Å². The summed E-state index contributed by atoms with van der Waals surface area (Å²) in [5.74, 6) is -0.461. The molecule has 0 radical (unpaired) electrons. The number of nitriles is 1. The van der Waals surface area contributed by atoms with E-state index in [0.717, 1.165) is 12.1 Å². The van der Waals surface area contributed by atoms with Crippen molar-refractivity contribution in [2.45, 2.75) is 35.5 Å². The Morgan fingerprint density at radius 1 is 1.33 bits per heavy atom. The van der Waals surface area contributed by atoms with E-state index in [1.54, 1.807) is 0 Å². The Morgan fingerprint density at radius 2 is 1.96 bits per heavy atom. The highest BCUT2D eigenvalue weighted by Crippen LogP contribution is 2.73. The summed E-state index contributed by atoms with van der Waals surface area (Å²) in [6, 6.07) is 3.76. The topological polar surface area (TPSA) is 93.7 Å². The molecule has 2 aliphatic rings. The van der Waals surface area contributed by atoms with E-state index >= 15 is 0 Å². The van der Waals surface area contributed by atoms with Crippen LogP contribution in [0, 0.1) is 16.7 Å². The van der Waals surface area contributed by atoms with Crippen molar-refractivity contribution < 1.29 is 36.5 Å². The second-order valence-corrected chi connectivity index (χ2v) is 7.97. The van der Waals surface area contributed by atoms with E-state index in [1.807, 2.05) is 6.07 Å². The molecule has 0 aromatic heterocycles. The summed E-state index contributed by atoms with van der Waals surface area (Å²) in [5, 5.41) is 14.3. The summed E-state index contributed by atoms with van der Waals surface area (Å²) < 4.78 is 79.1. The fourth-order valence-corrected chi connectivity index (χ4v) is 4.11. The van der Waals surface area contributed by atoms with Crippen LogP contribution in [-0.2, 0) is 0 Å². The van der Waals surface area contributed by atoms with Gasteiger partial charge in [0.25, 0.3) is 6.43 Å². The number of rotatable bonds is 4. The van der Waals surface area contributed by atoms with Crippen LogP contribution in [-0.4, -0.2) is 26.1 Å². The molecule has 132 valence electrons. The molecule has 1 aromatic carbocycles. The Hall–Kier alpha value is -1.54. The molecule has 5 nitrogen and oxygen atoms in total. The predicted molar refractivity (Wildman–Crippen MR) is 75.2 cm³/mol. The molecular weight excluding hydrogens is 354 g/mol. The van der Waals surface area contributed by atoms with Gasteiger partial charge in [0, 0.05) is 5.56 Å². The molecule has 24 heavy (non-hydrogen) atoms. The lowest BCUT2D eigenvalue weighted by Gasteiger charge is -2.34. The number of ether oxygens (including phenoxy) is 1. The third-order valence-corrected chi connectivity index (χ3v) is 6.25. The van der Waals surface area contributed by atoms with E-state index in [4.69, 9.17) is 10.00 Å². The zero-order valence-electron chi connectivity index (χ0n) is 12.0. The highest BCUT2D eigenvalue weighted by molar-refractivity contribution is 8.25. The molecule has 1 saturated carbocycles. The van der Waals surface area contributed by atoms with Crippen molar-refractivity contribution in [3.05, 3.63) is 23.3 Å². The minimum atomic E-state index is -4.77. The van der Waals surface area contributed by atoms with Crippen LogP contribution in [0.3, 0.4) is 0 Å². The Balaban J connectivity index is 2.06. The van der Waals surface area contributed by atoms with Crippen molar-refractivity contribution in [3.8, 4) is 11.8 Å². The molecular formula is C14H13F4NO4S. The normalized spacial score (nSPS) is 26.5. The molecule has 1 heterocycles. The van der Waals surface area contributed by atoms with Crippen LogP contribution in [0.2, 0.25) is 0 Å². The Bertz CT molecular complexity index is 730. The first-order chi connectivity index (χ1) is 11.1. The van der Waals surface area contributed by atoms with E-state index in [1.165, 1.54) is 0 Å². The molecule has 10 heteroatoms. The molecule has 1 fully saturated rings. The molecule has 1 aliphatic carbocycles. The van der Waals surface area contributed by atoms with Gasteiger partial charge in [0.05, 0.1) is 21.9 Å². The maximum Gasteiger partial charge on any atom is 0.371 e. The monoisotopic (exact) mass is 367 g/mol. The van der Waals surface area contributed by atoms with Gasteiger partial charge in [-0.25, -0.2) is 8.78 Å². The number of aliphatic hydroxyl groups excluding tert-OH is 1. The Labute approximate surface area is 135 Å². The molecule has 1 unspecified atom stereocenters. The van der Waals surface area contributed by atoms with Crippen LogP contribution in [0.4, 0.5) is 17.6 Å². The average Bonchev–Trinajstić information content (AvgIpc) is 3.28. The van der Waals surface area contributed by atoms with Gasteiger partial charge in [-0.3, -0.25) is 9.11 Å². The van der Waals surface area contributed by atoms with E-state index in [2.05, 4.69) is 0 Å². The molecule has 3 N–H and O–H groups in total. The summed E-state index contributed by atoms with van der Waals surface area (Å²) in [4.78, 5) is -0.816. The predicted octanol–water partition coefficient (Wildman–Crippen LogP) is 4.06.